The smallest absolute Gasteiger partial charge is 0.225 e. The van der Waals surface area contributed by atoms with Crippen LogP contribution < -0.4 is 5.32 Å². The van der Waals surface area contributed by atoms with Crippen LogP contribution in [0.25, 0.3) is 10.2 Å². The highest BCUT2D eigenvalue weighted by Gasteiger charge is 2.25. The van der Waals surface area contributed by atoms with Crippen molar-refractivity contribution in [1.82, 2.24) is 14.3 Å². The van der Waals surface area contributed by atoms with E-state index in [1.165, 1.54) is 43.6 Å². The van der Waals surface area contributed by atoms with E-state index >= 15 is 0 Å². The normalized spacial score (nSPS) is 20.9. The molecule has 0 atom stereocenters. The largest absolute Gasteiger partial charge is 0.381 e. The molecule has 5 nitrogen and oxygen atoms in total. The minimum atomic E-state index is 0.304. The molecule has 7 heteroatoms. The highest BCUT2D eigenvalue weighted by Crippen LogP contribution is 2.37. The third-order valence-electron chi connectivity index (χ3n) is 4.89. The molecule has 124 valence electrons. The molecule has 4 rings (SSSR count). The predicted octanol–water partition coefficient (Wildman–Crippen LogP) is 4.38. The second-order valence-electron chi connectivity index (χ2n) is 6.46. The summed E-state index contributed by atoms with van der Waals surface area (Å²) in [6, 6.07) is 0.486. The van der Waals surface area contributed by atoms with Gasteiger partial charge in [0.15, 0.2) is 4.83 Å². The fraction of sp³-hybridized carbons (Fsp3) is 0.688. The first-order valence-electron chi connectivity index (χ1n) is 8.48. The molecule has 0 spiro atoms. The molecule has 2 aromatic heterocycles. The summed E-state index contributed by atoms with van der Waals surface area (Å²) in [6.07, 6.45) is 8.35. The van der Waals surface area contributed by atoms with Crippen LogP contribution in [-0.4, -0.2) is 33.6 Å². The zero-order chi connectivity index (χ0) is 15.6. The topological polar surface area (TPSA) is 59.9 Å². The van der Waals surface area contributed by atoms with Crippen LogP contribution in [-0.2, 0) is 4.74 Å². The lowest BCUT2D eigenvalue weighted by atomic mass is 9.94. The zero-order valence-corrected chi connectivity index (χ0v) is 14.6. The van der Waals surface area contributed by atoms with Crippen molar-refractivity contribution in [1.29, 1.82) is 0 Å². The number of nitrogens with one attached hydrogen (secondary N) is 1. The summed E-state index contributed by atoms with van der Waals surface area (Å²) in [6.45, 7) is 1.62. The van der Waals surface area contributed by atoms with Gasteiger partial charge >= 0.3 is 0 Å². The number of halogens is 1. The molecule has 1 aliphatic carbocycles. The van der Waals surface area contributed by atoms with Crippen LogP contribution in [0, 0.1) is 0 Å². The van der Waals surface area contributed by atoms with Gasteiger partial charge in [0.05, 0.1) is 11.1 Å². The molecule has 23 heavy (non-hydrogen) atoms. The van der Waals surface area contributed by atoms with Crippen molar-refractivity contribution < 1.29 is 4.74 Å². The number of hydrogen-bond acceptors (Lipinski definition) is 6. The van der Waals surface area contributed by atoms with Crippen LogP contribution in [0.5, 0.6) is 0 Å². The first-order chi connectivity index (χ1) is 11.3. The zero-order valence-electron chi connectivity index (χ0n) is 13.1. The van der Waals surface area contributed by atoms with Gasteiger partial charge in [-0.2, -0.15) is 4.37 Å². The number of ether oxygens (including phenoxy) is 1. The molecular formula is C16H21ClN4OS. The molecule has 2 aromatic rings. The Kier molecular flexibility index (Phi) is 4.64. The van der Waals surface area contributed by atoms with Gasteiger partial charge in [0.25, 0.3) is 0 Å². The maximum Gasteiger partial charge on any atom is 0.225 e. The number of hydrogen-bond donors (Lipinski definition) is 1. The number of aromatic nitrogens is 3. The van der Waals surface area contributed by atoms with Gasteiger partial charge in [-0.3, -0.25) is 0 Å². The van der Waals surface area contributed by atoms with Gasteiger partial charge in [-0.15, -0.1) is 0 Å². The Morgan fingerprint density at radius 1 is 1.04 bits per heavy atom. The minimum absolute atomic E-state index is 0.304. The Labute approximate surface area is 145 Å². The summed E-state index contributed by atoms with van der Waals surface area (Å²) in [4.78, 5) is 9.78. The van der Waals surface area contributed by atoms with E-state index in [0.29, 0.717) is 17.2 Å². The lowest BCUT2D eigenvalue weighted by Crippen LogP contribution is -2.23. The lowest BCUT2D eigenvalue weighted by Gasteiger charge is -2.24. The molecule has 0 aromatic carbocycles. The molecule has 3 heterocycles. The SMILES string of the molecule is Clc1nc(NC2CCCCC2)c2c(C3CCOCC3)nsc2n1. The van der Waals surface area contributed by atoms with Gasteiger partial charge in [-0.1, -0.05) is 19.3 Å². The van der Waals surface area contributed by atoms with E-state index in [-0.39, 0.29) is 0 Å². The van der Waals surface area contributed by atoms with Crippen LogP contribution in [0.3, 0.4) is 0 Å². The van der Waals surface area contributed by atoms with E-state index in [0.717, 1.165) is 47.8 Å². The molecule has 0 bridgehead atoms. The molecule has 2 aliphatic rings. The van der Waals surface area contributed by atoms with Crippen molar-refractivity contribution in [2.75, 3.05) is 18.5 Å². The molecule has 1 N–H and O–H groups in total. The Hall–Kier alpha value is -0.980. The van der Waals surface area contributed by atoms with Crippen molar-refractivity contribution in [3.05, 3.63) is 11.0 Å². The van der Waals surface area contributed by atoms with E-state index in [9.17, 15) is 0 Å². The molecular weight excluding hydrogens is 332 g/mol. The van der Waals surface area contributed by atoms with Crippen LogP contribution in [0.15, 0.2) is 0 Å². The van der Waals surface area contributed by atoms with Crippen molar-refractivity contribution in [2.45, 2.75) is 56.9 Å². The Bertz CT molecular complexity index is 680. The van der Waals surface area contributed by atoms with Gasteiger partial charge in [-0.25, -0.2) is 9.97 Å². The third-order valence-corrected chi connectivity index (χ3v) is 5.81. The highest BCUT2D eigenvalue weighted by atomic mass is 35.5. The van der Waals surface area contributed by atoms with Gasteiger partial charge in [0.1, 0.15) is 5.82 Å². The van der Waals surface area contributed by atoms with E-state index in [4.69, 9.17) is 20.7 Å². The summed E-state index contributed by atoms with van der Waals surface area (Å²) < 4.78 is 10.2. The molecule has 1 saturated heterocycles. The van der Waals surface area contributed by atoms with Gasteiger partial charge in [0.2, 0.25) is 5.28 Å². The quantitative estimate of drug-likeness (QED) is 0.831. The van der Waals surface area contributed by atoms with E-state index < -0.39 is 0 Å². The molecule has 0 unspecified atom stereocenters. The highest BCUT2D eigenvalue weighted by molar-refractivity contribution is 7.13. The van der Waals surface area contributed by atoms with Crippen LogP contribution in [0.4, 0.5) is 5.82 Å². The summed E-state index contributed by atoms with van der Waals surface area (Å²) in [5, 5.41) is 5.01. The molecule has 1 saturated carbocycles. The fourth-order valence-electron chi connectivity index (χ4n) is 3.64. The van der Waals surface area contributed by atoms with Crippen LogP contribution >= 0.6 is 23.1 Å². The predicted molar refractivity (Wildman–Crippen MR) is 93.5 cm³/mol. The number of anilines is 1. The Balaban J connectivity index is 1.70. The Morgan fingerprint density at radius 3 is 2.61 bits per heavy atom. The number of rotatable bonds is 3. The number of nitrogens with zero attached hydrogens (tertiary/aromatic N) is 3. The molecule has 0 amide bonds. The number of fused-ring (bicyclic) bond motifs is 1. The second-order valence-corrected chi connectivity index (χ2v) is 7.55. The fourth-order valence-corrected chi connectivity index (χ4v) is 4.71. The molecule has 0 radical (unpaired) electrons. The minimum Gasteiger partial charge on any atom is -0.381 e. The maximum atomic E-state index is 6.13. The van der Waals surface area contributed by atoms with E-state index in [2.05, 4.69) is 15.3 Å². The average Bonchev–Trinajstić information content (AvgIpc) is 3.00. The van der Waals surface area contributed by atoms with Crippen LogP contribution in [0.1, 0.15) is 56.6 Å². The molecule has 1 aliphatic heterocycles. The van der Waals surface area contributed by atoms with Crippen molar-refractivity contribution >= 4 is 39.2 Å². The van der Waals surface area contributed by atoms with Gasteiger partial charge in [-0.05, 0) is 48.8 Å². The van der Waals surface area contributed by atoms with Gasteiger partial charge < -0.3 is 10.1 Å². The summed E-state index contributed by atoms with van der Waals surface area (Å²) in [5.41, 5.74) is 1.13. The monoisotopic (exact) mass is 352 g/mol. The lowest BCUT2D eigenvalue weighted by molar-refractivity contribution is 0.0850. The molecule has 2 fully saturated rings. The maximum absolute atomic E-state index is 6.13. The first-order valence-corrected chi connectivity index (χ1v) is 9.63. The van der Waals surface area contributed by atoms with E-state index in [1.54, 1.807) is 0 Å². The van der Waals surface area contributed by atoms with Gasteiger partial charge in [0, 0.05) is 25.2 Å². The Morgan fingerprint density at radius 2 is 1.83 bits per heavy atom. The second kappa shape index (κ2) is 6.87. The summed E-state index contributed by atoms with van der Waals surface area (Å²) >= 11 is 7.56. The van der Waals surface area contributed by atoms with Crippen LogP contribution in [0.2, 0.25) is 5.28 Å². The average molecular weight is 353 g/mol. The summed E-state index contributed by atoms with van der Waals surface area (Å²) in [5.74, 6) is 1.32. The van der Waals surface area contributed by atoms with E-state index in [1.807, 2.05) is 0 Å². The van der Waals surface area contributed by atoms with Crippen molar-refractivity contribution in [3.8, 4) is 0 Å². The standard InChI is InChI=1S/C16H21ClN4OS/c17-16-19-14(18-11-4-2-1-3-5-11)12-13(21-23-15(12)20-16)10-6-8-22-9-7-10/h10-11H,1-9H2,(H,18,19,20). The van der Waals surface area contributed by atoms with Crippen molar-refractivity contribution in [3.63, 3.8) is 0 Å². The first kappa shape index (κ1) is 15.5. The third kappa shape index (κ3) is 3.30. The summed E-state index contributed by atoms with van der Waals surface area (Å²) in [7, 11) is 0. The van der Waals surface area contributed by atoms with Crippen molar-refractivity contribution in [2.24, 2.45) is 0 Å².